The van der Waals surface area contributed by atoms with E-state index in [0.29, 0.717) is 11.3 Å². The summed E-state index contributed by atoms with van der Waals surface area (Å²) >= 11 is 5.85. The van der Waals surface area contributed by atoms with Crippen molar-refractivity contribution in [2.45, 2.75) is 6.42 Å². The van der Waals surface area contributed by atoms with Crippen molar-refractivity contribution in [2.24, 2.45) is 0 Å². The van der Waals surface area contributed by atoms with Crippen LogP contribution in [0.2, 0.25) is 5.02 Å². The lowest BCUT2D eigenvalue weighted by Gasteiger charge is -2.15. The van der Waals surface area contributed by atoms with Crippen molar-refractivity contribution >= 4 is 29.2 Å². The van der Waals surface area contributed by atoms with Crippen molar-refractivity contribution in [3.63, 3.8) is 0 Å². The Morgan fingerprint density at radius 2 is 2.20 bits per heavy atom. The molecular formula is C13H14ClN3O3. The Labute approximate surface area is 121 Å². The normalized spacial score (nSPS) is 10.1. The Balaban J connectivity index is 2.52. The van der Waals surface area contributed by atoms with Gasteiger partial charge in [-0.05, 0) is 25.2 Å². The van der Waals surface area contributed by atoms with E-state index >= 15 is 0 Å². The molecule has 0 unspecified atom stereocenters. The third-order valence-electron chi connectivity index (χ3n) is 2.49. The first kappa shape index (κ1) is 16.0. The van der Waals surface area contributed by atoms with Crippen molar-refractivity contribution in [2.75, 3.05) is 25.5 Å². The number of rotatable bonds is 6. The van der Waals surface area contributed by atoms with Gasteiger partial charge in [0, 0.05) is 12.2 Å². The summed E-state index contributed by atoms with van der Waals surface area (Å²) in [6.45, 7) is 0.363. The Bertz CT molecular complexity index is 554. The van der Waals surface area contributed by atoms with Gasteiger partial charge >= 0.3 is 5.97 Å². The lowest BCUT2D eigenvalue weighted by atomic mass is 10.2. The molecule has 0 saturated heterocycles. The first-order valence-corrected chi connectivity index (χ1v) is 6.20. The summed E-state index contributed by atoms with van der Waals surface area (Å²) in [5.74, 6) is -1.19. The standard InChI is InChI=1S/C13H14ClN3O3/c1-17(5-4-13(19)20)8-12(18)16-10-3-2-9(7-15)11(14)6-10/h2-3,6H,4-5,8H2,1H3,(H,16,18)(H,19,20). The molecule has 1 amide bonds. The van der Waals surface area contributed by atoms with E-state index in [0.717, 1.165) is 0 Å². The third-order valence-corrected chi connectivity index (χ3v) is 2.81. The highest BCUT2D eigenvalue weighted by molar-refractivity contribution is 6.32. The summed E-state index contributed by atoms with van der Waals surface area (Å²) in [6, 6.07) is 6.52. The molecule has 0 aromatic heterocycles. The van der Waals surface area contributed by atoms with Gasteiger partial charge in [-0.2, -0.15) is 5.26 Å². The summed E-state index contributed by atoms with van der Waals surface area (Å²) < 4.78 is 0. The van der Waals surface area contributed by atoms with Crippen LogP contribution in [0.4, 0.5) is 5.69 Å². The Morgan fingerprint density at radius 1 is 1.50 bits per heavy atom. The fraction of sp³-hybridized carbons (Fsp3) is 0.308. The van der Waals surface area contributed by atoms with E-state index in [2.05, 4.69) is 5.32 Å². The molecule has 1 rings (SSSR count). The molecule has 0 radical (unpaired) electrons. The van der Waals surface area contributed by atoms with Gasteiger partial charge in [0.1, 0.15) is 6.07 Å². The van der Waals surface area contributed by atoms with Gasteiger partial charge in [-0.25, -0.2) is 0 Å². The third kappa shape index (κ3) is 5.26. The highest BCUT2D eigenvalue weighted by Crippen LogP contribution is 2.20. The van der Waals surface area contributed by atoms with Crippen molar-refractivity contribution in [3.05, 3.63) is 28.8 Å². The average Bonchev–Trinajstić information content (AvgIpc) is 2.36. The minimum Gasteiger partial charge on any atom is -0.481 e. The van der Waals surface area contributed by atoms with Gasteiger partial charge in [-0.3, -0.25) is 14.5 Å². The number of aliphatic carboxylic acids is 1. The maximum Gasteiger partial charge on any atom is 0.304 e. The lowest BCUT2D eigenvalue weighted by molar-refractivity contribution is -0.137. The summed E-state index contributed by atoms with van der Waals surface area (Å²) in [6.07, 6.45) is -0.0214. The number of nitrogens with one attached hydrogen (secondary N) is 1. The number of likely N-dealkylation sites (N-methyl/N-ethyl adjacent to an activating group) is 1. The van der Waals surface area contributed by atoms with E-state index in [1.165, 1.54) is 12.1 Å². The zero-order valence-corrected chi connectivity index (χ0v) is 11.6. The summed E-state index contributed by atoms with van der Waals surface area (Å²) in [7, 11) is 1.66. The Hall–Kier alpha value is -2.10. The lowest BCUT2D eigenvalue weighted by Crippen LogP contribution is -2.31. The smallest absolute Gasteiger partial charge is 0.304 e. The fourth-order valence-electron chi connectivity index (χ4n) is 1.49. The van der Waals surface area contributed by atoms with Crippen LogP contribution in [0.1, 0.15) is 12.0 Å². The second kappa shape index (κ2) is 7.48. The number of halogens is 1. The van der Waals surface area contributed by atoms with Gasteiger partial charge in [0.25, 0.3) is 0 Å². The van der Waals surface area contributed by atoms with Crippen molar-refractivity contribution in [3.8, 4) is 6.07 Å². The number of nitriles is 1. The molecule has 20 heavy (non-hydrogen) atoms. The summed E-state index contributed by atoms with van der Waals surface area (Å²) in [4.78, 5) is 23.7. The van der Waals surface area contributed by atoms with E-state index in [9.17, 15) is 9.59 Å². The number of carboxylic acid groups (broad SMARTS) is 1. The van der Waals surface area contributed by atoms with Gasteiger partial charge in [0.2, 0.25) is 5.91 Å². The van der Waals surface area contributed by atoms with Crippen molar-refractivity contribution < 1.29 is 14.7 Å². The predicted octanol–water partition coefficient (Wildman–Crippen LogP) is 1.56. The molecule has 0 saturated carbocycles. The molecule has 0 aliphatic carbocycles. The summed E-state index contributed by atoms with van der Waals surface area (Å²) in [5.41, 5.74) is 0.828. The van der Waals surface area contributed by atoms with Gasteiger partial charge in [0.05, 0.1) is 23.6 Å². The molecule has 7 heteroatoms. The number of carboxylic acids is 1. The zero-order valence-electron chi connectivity index (χ0n) is 10.9. The highest BCUT2D eigenvalue weighted by atomic mass is 35.5. The van der Waals surface area contributed by atoms with Crippen LogP contribution in [0.25, 0.3) is 0 Å². The maximum atomic E-state index is 11.7. The molecule has 106 valence electrons. The van der Waals surface area contributed by atoms with E-state index in [1.807, 2.05) is 6.07 Å². The van der Waals surface area contributed by atoms with E-state index < -0.39 is 5.97 Å². The van der Waals surface area contributed by atoms with E-state index in [1.54, 1.807) is 18.0 Å². The van der Waals surface area contributed by atoms with Crippen LogP contribution in [0.5, 0.6) is 0 Å². The number of amides is 1. The van der Waals surface area contributed by atoms with Gasteiger partial charge in [-0.1, -0.05) is 11.6 Å². The first-order valence-electron chi connectivity index (χ1n) is 5.82. The number of carbonyl (C=O) groups excluding carboxylic acids is 1. The average molecular weight is 296 g/mol. The Morgan fingerprint density at radius 3 is 2.75 bits per heavy atom. The van der Waals surface area contributed by atoms with Crippen LogP contribution in [0.15, 0.2) is 18.2 Å². The van der Waals surface area contributed by atoms with Crippen LogP contribution in [0, 0.1) is 11.3 Å². The molecule has 1 aromatic carbocycles. The minimum absolute atomic E-state index is 0.0214. The Kier molecular flexibility index (Phi) is 5.97. The number of carbonyl (C=O) groups is 2. The largest absolute Gasteiger partial charge is 0.481 e. The second-order valence-corrected chi connectivity index (χ2v) is 4.64. The van der Waals surface area contributed by atoms with Crippen molar-refractivity contribution in [1.29, 1.82) is 5.26 Å². The van der Waals surface area contributed by atoms with Crippen LogP contribution in [0.3, 0.4) is 0 Å². The number of anilines is 1. The molecular weight excluding hydrogens is 282 g/mol. The SMILES string of the molecule is CN(CCC(=O)O)CC(=O)Nc1ccc(C#N)c(Cl)c1. The number of hydrogen-bond donors (Lipinski definition) is 2. The zero-order chi connectivity index (χ0) is 15.1. The van der Waals surface area contributed by atoms with Crippen LogP contribution >= 0.6 is 11.6 Å². The number of benzene rings is 1. The molecule has 6 nitrogen and oxygen atoms in total. The predicted molar refractivity (Wildman–Crippen MR) is 74.5 cm³/mol. The second-order valence-electron chi connectivity index (χ2n) is 4.24. The molecule has 1 aromatic rings. The highest BCUT2D eigenvalue weighted by Gasteiger charge is 2.09. The first-order chi connectivity index (χ1) is 9.42. The maximum absolute atomic E-state index is 11.7. The van der Waals surface area contributed by atoms with Crippen LogP contribution in [-0.2, 0) is 9.59 Å². The topological polar surface area (TPSA) is 93.4 Å². The molecule has 2 N–H and O–H groups in total. The van der Waals surface area contributed by atoms with Crippen LogP contribution in [-0.4, -0.2) is 42.0 Å². The monoisotopic (exact) mass is 295 g/mol. The molecule has 0 bridgehead atoms. The van der Waals surface area contributed by atoms with E-state index in [-0.39, 0.29) is 30.4 Å². The minimum atomic E-state index is -0.906. The van der Waals surface area contributed by atoms with Gasteiger partial charge in [0.15, 0.2) is 0 Å². The van der Waals surface area contributed by atoms with Crippen molar-refractivity contribution in [1.82, 2.24) is 4.90 Å². The quantitative estimate of drug-likeness (QED) is 0.830. The molecule has 0 aliphatic rings. The van der Waals surface area contributed by atoms with Gasteiger partial charge in [-0.15, -0.1) is 0 Å². The van der Waals surface area contributed by atoms with E-state index in [4.69, 9.17) is 22.0 Å². The molecule has 0 aliphatic heterocycles. The molecule has 0 atom stereocenters. The molecule has 0 spiro atoms. The fourth-order valence-corrected chi connectivity index (χ4v) is 1.72. The molecule has 0 fully saturated rings. The van der Waals surface area contributed by atoms with Gasteiger partial charge < -0.3 is 10.4 Å². The number of nitrogens with zero attached hydrogens (tertiary/aromatic N) is 2. The number of hydrogen-bond acceptors (Lipinski definition) is 4. The molecule has 0 heterocycles. The van der Waals surface area contributed by atoms with Crippen LogP contribution < -0.4 is 5.32 Å². The summed E-state index contributed by atoms with van der Waals surface area (Å²) in [5, 5.41) is 20.2.